The van der Waals surface area contributed by atoms with Gasteiger partial charge in [0.05, 0.1) is 0 Å². The van der Waals surface area contributed by atoms with Gasteiger partial charge in [0.15, 0.2) is 0 Å². The summed E-state index contributed by atoms with van der Waals surface area (Å²) < 4.78 is 0. The van der Waals surface area contributed by atoms with Crippen LogP contribution in [0.1, 0.15) is 103 Å². The standard InChI is InChI=1S/C19H38N2O/c20-19(22)21-17-13-8-6-4-2-1-3-5-7-10-14-18-15-11-9-12-16-18/h18H,1-17H2,(H3,20,21,22). The second-order valence-corrected chi connectivity index (χ2v) is 7.12. The van der Waals surface area contributed by atoms with Crippen molar-refractivity contribution < 1.29 is 4.79 Å². The van der Waals surface area contributed by atoms with Crippen LogP contribution >= 0.6 is 0 Å². The molecule has 3 nitrogen and oxygen atoms in total. The monoisotopic (exact) mass is 310 g/mol. The van der Waals surface area contributed by atoms with Crippen molar-refractivity contribution in [3.05, 3.63) is 0 Å². The van der Waals surface area contributed by atoms with E-state index in [0.717, 1.165) is 18.9 Å². The van der Waals surface area contributed by atoms with Crippen molar-refractivity contribution in [1.82, 2.24) is 5.32 Å². The summed E-state index contributed by atoms with van der Waals surface area (Å²) in [5.74, 6) is 1.07. The highest BCUT2D eigenvalue weighted by molar-refractivity contribution is 5.71. The van der Waals surface area contributed by atoms with E-state index in [2.05, 4.69) is 5.32 Å². The average molecular weight is 311 g/mol. The first-order chi connectivity index (χ1) is 10.8. The summed E-state index contributed by atoms with van der Waals surface area (Å²) in [6, 6.07) is -0.400. The smallest absolute Gasteiger partial charge is 0.312 e. The number of hydrogen-bond donors (Lipinski definition) is 2. The number of unbranched alkanes of at least 4 members (excludes halogenated alkanes) is 9. The summed E-state index contributed by atoms with van der Waals surface area (Å²) in [5, 5.41) is 2.64. The molecule has 0 aromatic carbocycles. The molecule has 130 valence electrons. The quantitative estimate of drug-likeness (QED) is 0.432. The van der Waals surface area contributed by atoms with Crippen LogP contribution in [-0.4, -0.2) is 12.6 Å². The lowest BCUT2D eigenvalue weighted by atomic mass is 9.85. The van der Waals surface area contributed by atoms with Gasteiger partial charge in [-0.05, 0) is 12.3 Å². The van der Waals surface area contributed by atoms with Crippen molar-refractivity contribution in [2.75, 3.05) is 6.54 Å². The topological polar surface area (TPSA) is 55.1 Å². The first-order valence-electron chi connectivity index (χ1n) is 9.82. The number of primary amides is 1. The predicted molar refractivity (Wildman–Crippen MR) is 94.9 cm³/mol. The van der Waals surface area contributed by atoms with Gasteiger partial charge in [-0.2, -0.15) is 0 Å². The Balaban J connectivity index is 1.70. The molecule has 0 aliphatic heterocycles. The SMILES string of the molecule is NC(=O)NCCCCCCCCCCCCC1CCCCC1. The van der Waals surface area contributed by atoms with Gasteiger partial charge in [0.1, 0.15) is 0 Å². The molecule has 0 aromatic rings. The van der Waals surface area contributed by atoms with Crippen molar-refractivity contribution >= 4 is 6.03 Å². The first-order valence-corrected chi connectivity index (χ1v) is 9.82. The van der Waals surface area contributed by atoms with E-state index in [4.69, 9.17) is 5.73 Å². The normalized spacial score (nSPS) is 15.8. The summed E-state index contributed by atoms with van der Waals surface area (Å²) in [6.45, 7) is 0.732. The number of nitrogens with one attached hydrogen (secondary N) is 1. The molecule has 0 spiro atoms. The number of amides is 2. The van der Waals surface area contributed by atoms with E-state index in [1.165, 1.54) is 96.3 Å². The molecule has 0 heterocycles. The Bertz CT molecular complexity index is 262. The van der Waals surface area contributed by atoms with Crippen LogP contribution in [0.25, 0.3) is 0 Å². The van der Waals surface area contributed by atoms with Crippen LogP contribution in [0.3, 0.4) is 0 Å². The van der Waals surface area contributed by atoms with Gasteiger partial charge in [0.2, 0.25) is 0 Å². The molecule has 0 bridgehead atoms. The third kappa shape index (κ3) is 11.9. The van der Waals surface area contributed by atoms with Crippen LogP contribution in [-0.2, 0) is 0 Å². The van der Waals surface area contributed by atoms with Crippen molar-refractivity contribution in [3.8, 4) is 0 Å². The number of hydrogen-bond acceptors (Lipinski definition) is 1. The van der Waals surface area contributed by atoms with Gasteiger partial charge in [-0.3, -0.25) is 0 Å². The summed E-state index contributed by atoms with van der Waals surface area (Å²) in [7, 11) is 0. The Kier molecular flexibility index (Phi) is 12.2. The molecule has 0 atom stereocenters. The van der Waals surface area contributed by atoms with Crippen LogP contribution in [0.5, 0.6) is 0 Å². The van der Waals surface area contributed by atoms with E-state index < -0.39 is 6.03 Å². The van der Waals surface area contributed by atoms with Crippen LogP contribution in [0.2, 0.25) is 0 Å². The summed E-state index contributed by atoms with van der Waals surface area (Å²) >= 11 is 0. The van der Waals surface area contributed by atoms with Gasteiger partial charge in [-0.25, -0.2) is 4.79 Å². The van der Waals surface area contributed by atoms with Gasteiger partial charge in [-0.1, -0.05) is 96.3 Å². The first kappa shape index (κ1) is 19.3. The lowest BCUT2D eigenvalue weighted by molar-refractivity contribution is 0.248. The molecule has 22 heavy (non-hydrogen) atoms. The molecular weight excluding hydrogens is 272 g/mol. The second kappa shape index (κ2) is 13.9. The third-order valence-electron chi connectivity index (χ3n) is 5.06. The van der Waals surface area contributed by atoms with Gasteiger partial charge in [0.25, 0.3) is 0 Å². The molecule has 1 saturated carbocycles. The molecule has 3 heteroatoms. The molecule has 3 N–H and O–H groups in total. The van der Waals surface area contributed by atoms with Gasteiger partial charge in [0, 0.05) is 6.54 Å². The fourth-order valence-electron chi connectivity index (χ4n) is 3.66. The number of nitrogens with two attached hydrogens (primary N) is 1. The molecular formula is C19H38N2O. The van der Waals surface area contributed by atoms with E-state index in [-0.39, 0.29) is 0 Å². The highest BCUT2D eigenvalue weighted by Crippen LogP contribution is 2.28. The number of rotatable bonds is 13. The fraction of sp³-hybridized carbons (Fsp3) is 0.947. The molecule has 0 aromatic heterocycles. The van der Waals surface area contributed by atoms with E-state index in [0.29, 0.717) is 0 Å². The van der Waals surface area contributed by atoms with Crippen molar-refractivity contribution in [2.24, 2.45) is 11.7 Å². The van der Waals surface area contributed by atoms with Crippen LogP contribution in [0.15, 0.2) is 0 Å². The van der Waals surface area contributed by atoms with Gasteiger partial charge < -0.3 is 11.1 Å². The molecule has 0 unspecified atom stereocenters. The van der Waals surface area contributed by atoms with Gasteiger partial charge in [-0.15, -0.1) is 0 Å². The Labute approximate surface area is 137 Å². The average Bonchev–Trinajstić information content (AvgIpc) is 2.52. The van der Waals surface area contributed by atoms with E-state index in [9.17, 15) is 4.79 Å². The third-order valence-corrected chi connectivity index (χ3v) is 5.06. The van der Waals surface area contributed by atoms with Crippen LogP contribution < -0.4 is 11.1 Å². The van der Waals surface area contributed by atoms with Crippen molar-refractivity contribution in [1.29, 1.82) is 0 Å². The predicted octanol–water partition coefficient (Wildman–Crippen LogP) is 5.53. The van der Waals surface area contributed by atoms with Crippen LogP contribution in [0.4, 0.5) is 4.79 Å². The maximum atomic E-state index is 10.5. The Hall–Kier alpha value is -0.730. The second-order valence-electron chi connectivity index (χ2n) is 7.12. The summed E-state index contributed by atoms with van der Waals surface area (Å²) in [6.07, 6.45) is 22.5. The minimum absolute atomic E-state index is 0.400. The lowest BCUT2D eigenvalue weighted by Crippen LogP contribution is -2.29. The zero-order chi connectivity index (χ0) is 15.9. The molecule has 1 fully saturated rings. The van der Waals surface area contributed by atoms with Crippen molar-refractivity contribution in [2.45, 2.75) is 103 Å². The Morgan fingerprint density at radius 1 is 0.773 bits per heavy atom. The van der Waals surface area contributed by atoms with E-state index in [1.54, 1.807) is 0 Å². The summed E-state index contributed by atoms with van der Waals surface area (Å²) in [4.78, 5) is 10.5. The zero-order valence-corrected chi connectivity index (χ0v) is 14.6. The largest absolute Gasteiger partial charge is 0.352 e. The minimum atomic E-state index is -0.400. The molecule has 1 rings (SSSR count). The summed E-state index contributed by atoms with van der Waals surface area (Å²) in [5.41, 5.74) is 5.02. The fourth-order valence-corrected chi connectivity index (χ4v) is 3.66. The number of urea groups is 1. The Morgan fingerprint density at radius 2 is 1.27 bits per heavy atom. The molecule has 2 amide bonds. The highest BCUT2D eigenvalue weighted by atomic mass is 16.2. The minimum Gasteiger partial charge on any atom is -0.352 e. The number of carbonyl (C=O) groups is 1. The Morgan fingerprint density at radius 3 is 1.82 bits per heavy atom. The van der Waals surface area contributed by atoms with E-state index in [1.807, 2.05) is 0 Å². The van der Waals surface area contributed by atoms with Crippen LogP contribution in [0, 0.1) is 5.92 Å². The maximum Gasteiger partial charge on any atom is 0.312 e. The molecule has 0 radical (unpaired) electrons. The maximum absolute atomic E-state index is 10.5. The van der Waals surface area contributed by atoms with E-state index >= 15 is 0 Å². The molecule has 1 aliphatic rings. The lowest BCUT2D eigenvalue weighted by Gasteiger charge is -2.21. The van der Waals surface area contributed by atoms with Gasteiger partial charge >= 0.3 is 6.03 Å². The molecule has 1 aliphatic carbocycles. The number of carbonyl (C=O) groups excluding carboxylic acids is 1. The molecule has 0 saturated heterocycles. The zero-order valence-electron chi connectivity index (χ0n) is 14.6. The van der Waals surface area contributed by atoms with Crippen molar-refractivity contribution in [3.63, 3.8) is 0 Å². The highest BCUT2D eigenvalue weighted by Gasteiger charge is 2.12.